The molecule has 0 unspecified atom stereocenters. The molecule has 2 aromatic rings. The molecule has 7 nitrogen and oxygen atoms in total. The Balaban J connectivity index is 2.22. The number of aryl methyl sites for hydroxylation is 1. The van der Waals surface area contributed by atoms with Crippen molar-refractivity contribution < 1.29 is 9.66 Å². The first-order chi connectivity index (χ1) is 9.11. The second-order valence-corrected chi connectivity index (χ2v) is 5.08. The number of anilines is 1. The lowest BCUT2D eigenvalue weighted by molar-refractivity contribution is -0.385. The van der Waals surface area contributed by atoms with Crippen molar-refractivity contribution in [2.75, 3.05) is 12.4 Å². The number of nitrogens with zero attached hydrogens (tertiary/aromatic N) is 3. The van der Waals surface area contributed by atoms with E-state index in [0.717, 1.165) is 4.88 Å². The van der Waals surface area contributed by atoms with Gasteiger partial charge in [-0.25, -0.2) is 4.98 Å². The smallest absolute Gasteiger partial charge is 0.372 e. The van der Waals surface area contributed by atoms with Crippen LogP contribution in [0.25, 0.3) is 0 Å². The first-order valence-corrected chi connectivity index (χ1v) is 6.26. The molecule has 0 aliphatic carbocycles. The summed E-state index contributed by atoms with van der Waals surface area (Å²) in [7, 11) is 1.34. The molecule has 0 fully saturated rings. The number of nitro groups is 1. The molecular weight excluding hydrogens is 268 g/mol. The average molecular weight is 280 g/mol. The van der Waals surface area contributed by atoms with E-state index in [9.17, 15) is 10.1 Å². The highest BCUT2D eigenvalue weighted by Crippen LogP contribution is 2.30. The molecule has 0 aromatic carbocycles. The van der Waals surface area contributed by atoms with Crippen LogP contribution in [-0.2, 0) is 6.54 Å². The molecule has 19 heavy (non-hydrogen) atoms. The Morgan fingerprint density at radius 1 is 1.47 bits per heavy atom. The number of nitrogens with one attached hydrogen (secondary N) is 1. The molecule has 2 rings (SSSR count). The Bertz CT molecular complexity index is 599. The standard InChI is InChI=1S/C11H12N4O3S/c1-7-3-4-8(19-7)5-12-10-9(15(16)17)11(18-2)14-6-13-10/h3-4,6H,5H2,1-2H3,(H,12,13,14). The molecular formula is C11H12N4O3S. The van der Waals surface area contributed by atoms with E-state index in [1.807, 2.05) is 19.1 Å². The van der Waals surface area contributed by atoms with Gasteiger partial charge in [-0.2, -0.15) is 4.98 Å². The lowest BCUT2D eigenvalue weighted by Crippen LogP contribution is -2.06. The fourth-order valence-electron chi connectivity index (χ4n) is 1.56. The normalized spacial score (nSPS) is 10.2. The van der Waals surface area contributed by atoms with E-state index in [4.69, 9.17) is 4.74 Å². The second-order valence-electron chi connectivity index (χ2n) is 3.70. The summed E-state index contributed by atoms with van der Waals surface area (Å²) < 4.78 is 4.87. The molecule has 2 aromatic heterocycles. The number of ether oxygens (including phenoxy) is 1. The number of methoxy groups -OCH3 is 1. The van der Waals surface area contributed by atoms with Crippen LogP contribution in [-0.4, -0.2) is 22.0 Å². The molecule has 0 aliphatic rings. The molecule has 8 heteroatoms. The molecule has 0 radical (unpaired) electrons. The van der Waals surface area contributed by atoms with Crippen LogP contribution in [0.1, 0.15) is 9.75 Å². The maximum atomic E-state index is 11.0. The van der Waals surface area contributed by atoms with E-state index < -0.39 is 4.92 Å². The minimum atomic E-state index is -0.555. The predicted octanol–water partition coefficient (Wildman–Crippen LogP) is 2.38. The van der Waals surface area contributed by atoms with Crippen molar-refractivity contribution >= 4 is 22.8 Å². The van der Waals surface area contributed by atoms with E-state index in [-0.39, 0.29) is 17.4 Å². The molecule has 0 atom stereocenters. The van der Waals surface area contributed by atoms with Gasteiger partial charge in [-0.05, 0) is 19.1 Å². The Kier molecular flexibility index (Phi) is 3.91. The summed E-state index contributed by atoms with van der Waals surface area (Å²) in [4.78, 5) is 20.3. The summed E-state index contributed by atoms with van der Waals surface area (Å²) in [6.07, 6.45) is 1.23. The van der Waals surface area contributed by atoms with Gasteiger partial charge in [-0.3, -0.25) is 10.1 Å². The van der Waals surface area contributed by atoms with Gasteiger partial charge >= 0.3 is 5.69 Å². The van der Waals surface area contributed by atoms with Crippen LogP contribution in [0.2, 0.25) is 0 Å². The monoisotopic (exact) mass is 280 g/mol. The predicted molar refractivity (Wildman–Crippen MR) is 71.6 cm³/mol. The lowest BCUT2D eigenvalue weighted by atomic mass is 10.4. The van der Waals surface area contributed by atoms with E-state index >= 15 is 0 Å². The highest BCUT2D eigenvalue weighted by molar-refractivity contribution is 7.11. The molecule has 0 bridgehead atoms. The summed E-state index contributed by atoms with van der Waals surface area (Å²) in [6, 6.07) is 3.97. The number of aromatic nitrogens is 2. The Hall–Kier alpha value is -2.22. The van der Waals surface area contributed by atoms with Gasteiger partial charge in [0.25, 0.3) is 5.88 Å². The van der Waals surface area contributed by atoms with Gasteiger partial charge in [0.15, 0.2) is 0 Å². The average Bonchev–Trinajstić information content (AvgIpc) is 2.81. The molecule has 0 aliphatic heterocycles. The summed E-state index contributed by atoms with van der Waals surface area (Å²) >= 11 is 1.62. The summed E-state index contributed by atoms with van der Waals surface area (Å²) in [5.41, 5.74) is -0.252. The van der Waals surface area contributed by atoms with Crippen molar-refractivity contribution in [2.24, 2.45) is 0 Å². The SMILES string of the molecule is COc1ncnc(NCc2ccc(C)s2)c1[N+](=O)[O-]. The van der Waals surface area contributed by atoms with Crippen LogP contribution < -0.4 is 10.1 Å². The fourth-order valence-corrected chi connectivity index (χ4v) is 2.39. The van der Waals surface area contributed by atoms with Crippen LogP contribution in [0.4, 0.5) is 11.5 Å². The van der Waals surface area contributed by atoms with Gasteiger partial charge in [0, 0.05) is 9.75 Å². The number of thiophene rings is 1. The number of rotatable bonds is 5. The summed E-state index contributed by atoms with van der Waals surface area (Å²) in [6.45, 7) is 2.48. The van der Waals surface area contributed by atoms with Gasteiger partial charge in [0.1, 0.15) is 6.33 Å². The lowest BCUT2D eigenvalue weighted by Gasteiger charge is -2.06. The van der Waals surface area contributed by atoms with Gasteiger partial charge in [-0.15, -0.1) is 11.3 Å². The van der Waals surface area contributed by atoms with E-state index in [0.29, 0.717) is 6.54 Å². The summed E-state index contributed by atoms with van der Waals surface area (Å²) in [5.74, 6) is 0.104. The van der Waals surface area contributed by atoms with Gasteiger partial charge in [-0.1, -0.05) is 0 Å². The maximum absolute atomic E-state index is 11.0. The quantitative estimate of drug-likeness (QED) is 0.668. The molecule has 0 amide bonds. The third-order valence-electron chi connectivity index (χ3n) is 2.39. The van der Waals surface area contributed by atoms with Crippen LogP contribution in [0.3, 0.4) is 0 Å². The third kappa shape index (κ3) is 2.97. The zero-order valence-electron chi connectivity index (χ0n) is 10.4. The maximum Gasteiger partial charge on any atom is 0.372 e. The molecule has 100 valence electrons. The molecule has 2 heterocycles. The van der Waals surface area contributed by atoms with Gasteiger partial charge < -0.3 is 10.1 Å². The molecule has 0 spiro atoms. The van der Waals surface area contributed by atoms with Crippen molar-refractivity contribution in [1.82, 2.24) is 9.97 Å². The summed E-state index contributed by atoms with van der Waals surface area (Å²) in [5, 5.41) is 14.0. The highest BCUT2D eigenvalue weighted by Gasteiger charge is 2.23. The molecule has 0 saturated carbocycles. The second kappa shape index (κ2) is 5.61. The zero-order valence-corrected chi connectivity index (χ0v) is 11.2. The fraction of sp³-hybridized carbons (Fsp3) is 0.273. The van der Waals surface area contributed by atoms with Crippen LogP contribution >= 0.6 is 11.3 Å². The Labute approximate surface area is 113 Å². The van der Waals surface area contributed by atoms with Crippen molar-refractivity contribution in [3.8, 4) is 5.88 Å². The minimum absolute atomic E-state index is 0.0511. The van der Waals surface area contributed by atoms with Crippen LogP contribution in [0.15, 0.2) is 18.5 Å². The molecule has 1 N–H and O–H groups in total. The van der Waals surface area contributed by atoms with E-state index in [1.165, 1.54) is 18.3 Å². The largest absolute Gasteiger partial charge is 0.476 e. The van der Waals surface area contributed by atoms with E-state index in [1.54, 1.807) is 11.3 Å². The Morgan fingerprint density at radius 3 is 2.84 bits per heavy atom. The Morgan fingerprint density at radius 2 is 2.26 bits per heavy atom. The number of hydrogen-bond acceptors (Lipinski definition) is 7. The first kappa shape index (κ1) is 13.2. The van der Waals surface area contributed by atoms with Crippen LogP contribution in [0.5, 0.6) is 5.88 Å². The van der Waals surface area contributed by atoms with Crippen molar-refractivity contribution in [1.29, 1.82) is 0 Å². The number of hydrogen-bond donors (Lipinski definition) is 1. The van der Waals surface area contributed by atoms with Crippen LogP contribution in [0, 0.1) is 17.0 Å². The van der Waals surface area contributed by atoms with Gasteiger partial charge in [0.2, 0.25) is 5.82 Å². The highest BCUT2D eigenvalue weighted by atomic mass is 32.1. The third-order valence-corrected chi connectivity index (χ3v) is 3.39. The minimum Gasteiger partial charge on any atom is -0.476 e. The zero-order chi connectivity index (χ0) is 13.8. The first-order valence-electron chi connectivity index (χ1n) is 5.44. The van der Waals surface area contributed by atoms with Crippen molar-refractivity contribution in [3.63, 3.8) is 0 Å². The van der Waals surface area contributed by atoms with Gasteiger partial charge in [0.05, 0.1) is 18.6 Å². The molecule has 0 saturated heterocycles. The topological polar surface area (TPSA) is 90.2 Å². The van der Waals surface area contributed by atoms with E-state index in [2.05, 4.69) is 15.3 Å². The van der Waals surface area contributed by atoms with Crippen molar-refractivity contribution in [3.05, 3.63) is 38.3 Å². The van der Waals surface area contributed by atoms with Crippen molar-refractivity contribution in [2.45, 2.75) is 13.5 Å².